The van der Waals surface area contributed by atoms with Crippen LogP contribution < -0.4 is 15.2 Å². The van der Waals surface area contributed by atoms with Crippen molar-refractivity contribution in [2.24, 2.45) is 11.7 Å². The summed E-state index contributed by atoms with van der Waals surface area (Å²) in [4.78, 5) is 12.1. The number of ether oxygens (including phenoxy) is 2. The van der Waals surface area contributed by atoms with E-state index in [0.29, 0.717) is 23.6 Å². The van der Waals surface area contributed by atoms with Crippen LogP contribution in [0.4, 0.5) is 0 Å². The van der Waals surface area contributed by atoms with E-state index < -0.39 is 0 Å². The van der Waals surface area contributed by atoms with Gasteiger partial charge in [-0.15, -0.1) is 0 Å². The number of methoxy groups -OCH3 is 2. The summed E-state index contributed by atoms with van der Waals surface area (Å²) >= 11 is 0. The monoisotopic (exact) mass is 237 g/mol. The van der Waals surface area contributed by atoms with Crippen LogP contribution in [0.2, 0.25) is 0 Å². The van der Waals surface area contributed by atoms with Crippen molar-refractivity contribution >= 4 is 5.78 Å². The Bertz CT molecular complexity index is 415. The van der Waals surface area contributed by atoms with Gasteiger partial charge in [0, 0.05) is 18.0 Å². The van der Waals surface area contributed by atoms with Gasteiger partial charge in [-0.2, -0.15) is 0 Å². The van der Waals surface area contributed by atoms with Gasteiger partial charge in [-0.25, -0.2) is 0 Å². The van der Waals surface area contributed by atoms with Crippen LogP contribution in [0.3, 0.4) is 0 Å². The van der Waals surface area contributed by atoms with Gasteiger partial charge < -0.3 is 15.2 Å². The number of Topliss-reactive ketones (excluding diaryl/α,β-unsaturated/α-hetero) is 1. The molecule has 0 aliphatic heterocycles. The second-order valence-electron chi connectivity index (χ2n) is 4.02. The number of benzene rings is 1. The Morgan fingerprint density at radius 3 is 2.29 bits per heavy atom. The normalized spacial score (nSPS) is 12.1. The molecule has 0 heterocycles. The number of hydrogen-bond donors (Lipinski definition) is 1. The number of nitrogens with two attached hydrogens (primary N) is 1. The highest BCUT2D eigenvalue weighted by Crippen LogP contribution is 2.31. The molecule has 0 aliphatic rings. The maximum absolute atomic E-state index is 12.1. The number of carbonyl (C=O) groups is 1. The molecule has 4 nitrogen and oxygen atoms in total. The molecule has 0 saturated heterocycles. The lowest BCUT2D eigenvalue weighted by Crippen LogP contribution is -2.21. The van der Waals surface area contributed by atoms with E-state index in [4.69, 9.17) is 15.2 Å². The van der Waals surface area contributed by atoms with Gasteiger partial charge >= 0.3 is 0 Å². The van der Waals surface area contributed by atoms with Gasteiger partial charge in [-0.1, -0.05) is 6.92 Å². The van der Waals surface area contributed by atoms with Gasteiger partial charge in [0.15, 0.2) is 17.3 Å². The lowest BCUT2D eigenvalue weighted by molar-refractivity contribution is 0.0933. The Labute approximate surface area is 102 Å². The molecule has 1 aromatic rings. The Hall–Kier alpha value is -1.55. The van der Waals surface area contributed by atoms with Crippen LogP contribution >= 0.6 is 0 Å². The Morgan fingerprint density at radius 2 is 1.82 bits per heavy atom. The van der Waals surface area contributed by atoms with Crippen molar-refractivity contribution < 1.29 is 14.3 Å². The Kier molecular flexibility index (Phi) is 4.52. The van der Waals surface area contributed by atoms with Crippen molar-refractivity contribution in [2.45, 2.75) is 13.8 Å². The van der Waals surface area contributed by atoms with Crippen LogP contribution in [0, 0.1) is 12.8 Å². The molecule has 0 amide bonds. The van der Waals surface area contributed by atoms with Crippen molar-refractivity contribution in [2.75, 3.05) is 20.8 Å². The quantitative estimate of drug-likeness (QED) is 0.793. The summed E-state index contributed by atoms with van der Waals surface area (Å²) in [7, 11) is 3.12. The molecule has 1 unspecified atom stereocenters. The molecule has 1 atom stereocenters. The Morgan fingerprint density at radius 1 is 1.29 bits per heavy atom. The zero-order valence-electron chi connectivity index (χ0n) is 10.7. The lowest BCUT2D eigenvalue weighted by Gasteiger charge is -2.14. The fourth-order valence-corrected chi connectivity index (χ4v) is 1.62. The van der Waals surface area contributed by atoms with E-state index in [2.05, 4.69) is 0 Å². The maximum atomic E-state index is 12.1. The summed E-state index contributed by atoms with van der Waals surface area (Å²) in [5.41, 5.74) is 7.02. The molecule has 0 bridgehead atoms. The first-order valence-corrected chi connectivity index (χ1v) is 5.52. The van der Waals surface area contributed by atoms with Crippen LogP contribution in [0.1, 0.15) is 22.8 Å². The molecule has 94 valence electrons. The molecule has 0 spiro atoms. The number of rotatable bonds is 5. The van der Waals surface area contributed by atoms with Gasteiger partial charge in [-0.3, -0.25) is 4.79 Å². The number of carbonyl (C=O) groups excluding carboxylic acids is 1. The first kappa shape index (κ1) is 13.5. The van der Waals surface area contributed by atoms with Crippen molar-refractivity contribution in [3.05, 3.63) is 23.3 Å². The average Bonchev–Trinajstić information content (AvgIpc) is 2.36. The van der Waals surface area contributed by atoms with Crippen LogP contribution in [0.5, 0.6) is 11.5 Å². The predicted octanol–water partition coefficient (Wildman–Crippen LogP) is 1.79. The number of hydrogen-bond acceptors (Lipinski definition) is 4. The van der Waals surface area contributed by atoms with E-state index in [1.807, 2.05) is 13.8 Å². The maximum Gasteiger partial charge on any atom is 0.167 e. The zero-order chi connectivity index (χ0) is 13.0. The molecule has 0 aliphatic carbocycles. The van der Waals surface area contributed by atoms with Gasteiger partial charge in [0.2, 0.25) is 0 Å². The first-order chi connectivity index (χ1) is 8.04. The zero-order valence-corrected chi connectivity index (χ0v) is 10.7. The van der Waals surface area contributed by atoms with Crippen LogP contribution in [0.25, 0.3) is 0 Å². The summed E-state index contributed by atoms with van der Waals surface area (Å²) in [6.45, 7) is 4.03. The van der Waals surface area contributed by atoms with E-state index >= 15 is 0 Å². The lowest BCUT2D eigenvalue weighted by atomic mass is 9.95. The van der Waals surface area contributed by atoms with Crippen molar-refractivity contribution in [1.82, 2.24) is 0 Å². The minimum absolute atomic E-state index is 0.0333. The van der Waals surface area contributed by atoms with E-state index in [1.54, 1.807) is 26.4 Å². The van der Waals surface area contributed by atoms with E-state index in [-0.39, 0.29) is 11.7 Å². The SMILES string of the molecule is COc1cc(C)c(C(=O)C(C)CN)cc1OC. The van der Waals surface area contributed by atoms with Crippen LogP contribution in [-0.2, 0) is 0 Å². The van der Waals surface area contributed by atoms with Crippen LogP contribution in [0.15, 0.2) is 12.1 Å². The van der Waals surface area contributed by atoms with Gasteiger partial charge in [0.25, 0.3) is 0 Å². The average molecular weight is 237 g/mol. The fraction of sp³-hybridized carbons (Fsp3) is 0.462. The molecule has 0 radical (unpaired) electrons. The summed E-state index contributed by atoms with van der Waals surface area (Å²) in [6, 6.07) is 3.51. The molecule has 0 saturated carbocycles. The molecule has 1 aromatic carbocycles. The highest BCUT2D eigenvalue weighted by Gasteiger charge is 2.18. The molecular formula is C13H19NO3. The third-order valence-electron chi connectivity index (χ3n) is 2.80. The third kappa shape index (κ3) is 2.77. The minimum Gasteiger partial charge on any atom is -0.493 e. The fourth-order valence-electron chi connectivity index (χ4n) is 1.62. The van der Waals surface area contributed by atoms with E-state index in [9.17, 15) is 4.79 Å². The number of ketones is 1. The second-order valence-corrected chi connectivity index (χ2v) is 4.02. The predicted molar refractivity (Wildman–Crippen MR) is 66.8 cm³/mol. The summed E-state index contributed by atoms with van der Waals surface area (Å²) < 4.78 is 10.4. The van der Waals surface area contributed by atoms with Crippen LogP contribution in [-0.4, -0.2) is 26.5 Å². The third-order valence-corrected chi connectivity index (χ3v) is 2.80. The van der Waals surface area contributed by atoms with Gasteiger partial charge in [0.1, 0.15) is 0 Å². The molecule has 2 N–H and O–H groups in total. The number of aryl methyl sites for hydroxylation is 1. The van der Waals surface area contributed by atoms with Crippen molar-refractivity contribution in [3.63, 3.8) is 0 Å². The van der Waals surface area contributed by atoms with E-state index in [0.717, 1.165) is 5.56 Å². The topological polar surface area (TPSA) is 61.5 Å². The van der Waals surface area contributed by atoms with Gasteiger partial charge in [-0.05, 0) is 24.6 Å². The second kappa shape index (κ2) is 5.68. The molecule has 4 heteroatoms. The van der Waals surface area contributed by atoms with Crippen molar-refractivity contribution in [1.29, 1.82) is 0 Å². The molecule has 0 aromatic heterocycles. The summed E-state index contributed by atoms with van der Waals surface area (Å²) in [6.07, 6.45) is 0. The highest BCUT2D eigenvalue weighted by molar-refractivity contribution is 5.99. The summed E-state index contributed by atoms with van der Waals surface area (Å²) in [5.74, 6) is 1.03. The van der Waals surface area contributed by atoms with Crippen molar-refractivity contribution in [3.8, 4) is 11.5 Å². The largest absolute Gasteiger partial charge is 0.493 e. The molecular weight excluding hydrogens is 218 g/mol. The van der Waals surface area contributed by atoms with Gasteiger partial charge in [0.05, 0.1) is 14.2 Å². The highest BCUT2D eigenvalue weighted by atomic mass is 16.5. The molecule has 1 rings (SSSR count). The molecule has 17 heavy (non-hydrogen) atoms. The molecule has 0 fully saturated rings. The minimum atomic E-state index is -0.188. The Balaban J connectivity index is 3.21. The standard InChI is InChI=1S/C13H19NO3/c1-8-5-11(16-3)12(17-4)6-10(8)13(15)9(2)7-14/h5-6,9H,7,14H2,1-4H3. The van der Waals surface area contributed by atoms with E-state index in [1.165, 1.54) is 0 Å². The summed E-state index contributed by atoms with van der Waals surface area (Å²) in [5, 5.41) is 0. The first-order valence-electron chi connectivity index (χ1n) is 5.52. The smallest absolute Gasteiger partial charge is 0.167 e.